The van der Waals surface area contributed by atoms with E-state index in [-0.39, 0.29) is 5.91 Å². The fourth-order valence-corrected chi connectivity index (χ4v) is 2.49. The van der Waals surface area contributed by atoms with Crippen molar-refractivity contribution in [3.63, 3.8) is 0 Å². The molecule has 0 saturated carbocycles. The number of rotatable bonds is 3. The van der Waals surface area contributed by atoms with E-state index < -0.39 is 0 Å². The summed E-state index contributed by atoms with van der Waals surface area (Å²) in [5.41, 5.74) is 2.61. The van der Waals surface area contributed by atoms with Crippen molar-refractivity contribution in [2.24, 2.45) is 0 Å². The number of benzene rings is 1. The maximum atomic E-state index is 12.2. The average molecular weight is 322 g/mol. The largest absolute Gasteiger partial charge is 0.466 e. The monoisotopic (exact) mass is 321 g/mol. The highest BCUT2D eigenvalue weighted by Gasteiger charge is 2.17. The third kappa shape index (κ3) is 3.07. The van der Waals surface area contributed by atoms with E-state index >= 15 is 0 Å². The molecule has 1 amide bonds. The molecule has 0 bridgehead atoms. The minimum atomic E-state index is -0.0909. The summed E-state index contributed by atoms with van der Waals surface area (Å²) >= 11 is 3.41. The molecule has 0 unspecified atom stereocenters. The summed E-state index contributed by atoms with van der Waals surface area (Å²) in [6.07, 6.45) is 0. The van der Waals surface area contributed by atoms with Gasteiger partial charge in [0.05, 0.1) is 5.56 Å². The summed E-state index contributed by atoms with van der Waals surface area (Å²) in [6, 6.07) is 7.87. The number of nitrogens with one attached hydrogen (secondary N) is 1. The minimum Gasteiger partial charge on any atom is -0.466 e. The van der Waals surface area contributed by atoms with Crippen LogP contribution in [-0.4, -0.2) is 5.91 Å². The Kier molecular flexibility index (Phi) is 4.10. The maximum absolute atomic E-state index is 12.2. The van der Waals surface area contributed by atoms with Gasteiger partial charge in [0.25, 0.3) is 5.91 Å². The molecule has 0 aliphatic rings. The van der Waals surface area contributed by atoms with Crippen LogP contribution in [-0.2, 0) is 6.54 Å². The van der Waals surface area contributed by atoms with Crippen LogP contribution in [0, 0.1) is 20.8 Å². The molecule has 2 aromatic rings. The number of carbonyl (C=O) groups excluding carboxylic acids is 1. The molecule has 3 nitrogen and oxygen atoms in total. The highest BCUT2D eigenvalue weighted by Crippen LogP contribution is 2.20. The second kappa shape index (κ2) is 5.61. The normalized spacial score (nSPS) is 10.5. The van der Waals surface area contributed by atoms with Gasteiger partial charge in [0.15, 0.2) is 0 Å². The number of carbonyl (C=O) groups is 1. The molecule has 19 heavy (non-hydrogen) atoms. The topological polar surface area (TPSA) is 42.2 Å². The first kappa shape index (κ1) is 13.9. The van der Waals surface area contributed by atoms with Crippen molar-refractivity contribution in [3.8, 4) is 0 Å². The van der Waals surface area contributed by atoms with E-state index in [1.54, 1.807) is 0 Å². The van der Waals surface area contributed by atoms with Gasteiger partial charge in [-0.05, 0) is 38.5 Å². The summed E-state index contributed by atoms with van der Waals surface area (Å²) in [6.45, 7) is 6.09. The Bertz CT molecular complexity index is 617. The molecule has 1 aromatic carbocycles. The van der Waals surface area contributed by atoms with Crippen molar-refractivity contribution in [1.82, 2.24) is 5.32 Å². The average Bonchev–Trinajstić information content (AvgIpc) is 2.61. The second-order valence-corrected chi connectivity index (χ2v) is 5.44. The van der Waals surface area contributed by atoms with Gasteiger partial charge in [0, 0.05) is 16.6 Å². The Morgan fingerprint density at radius 3 is 2.58 bits per heavy atom. The third-order valence-corrected chi connectivity index (χ3v) is 3.62. The molecule has 0 spiro atoms. The Morgan fingerprint density at radius 1 is 1.26 bits per heavy atom. The van der Waals surface area contributed by atoms with Gasteiger partial charge in [-0.3, -0.25) is 4.79 Å². The van der Waals surface area contributed by atoms with Crippen LogP contribution in [0.15, 0.2) is 33.2 Å². The van der Waals surface area contributed by atoms with Crippen molar-refractivity contribution in [2.75, 3.05) is 0 Å². The molecule has 1 N–H and O–H groups in total. The number of aryl methyl sites for hydroxylation is 2. The number of furan rings is 1. The van der Waals surface area contributed by atoms with Crippen LogP contribution in [0.4, 0.5) is 0 Å². The fraction of sp³-hybridized carbons (Fsp3) is 0.267. The number of hydrogen-bond donors (Lipinski definition) is 1. The van der Waals surface area contributed by atoms with E-state index in [1.807, 2.05) is 45.0 Å². The minimum absolute atomic E-state index is 0.0909. The van der Waals surface area contributed by atoms with Crippen LogP contribution in [0.2, 0.25) is 0 Å². The van der Waals surface area contributed by atoms with E-state index in [1.165, 1.54) is 0 Å². The number of amides is 1. The third-order valence-electron chi connectivity index (χ3n) is 3.13. The zero-order valence-electron chi connectivity index (χ0n) is 11.2. The predicted molar refractivity (Wildman–Crippen MR) is 78.2 cm³/mol. The molecule has 0 atom stereocenters. The lowest BCUT2D eigenvalue weighted by Gasteiger charge is -2.06. The van der Waals surface area contributed by atoms with Gasteiger partial charge in [-0.15, -0.1) is 0 Å². The highest BCUT2D eigenvalue weighted by atomic mass is 79.9. The summed E-state index contributed by atoms with van der Waals surface area (Å²) in [5.74, 6) is 1.37. The first-order valence-electron chi connectivity index (χ1n) is 6.08. The van der Waals surface area contributed by atoms with Crippen LogP contribution in [0.1, 0.15) is 33.0 Å². The van der Waals surface area contributed by atoms with Crippen LogP contribution < -0.4 is 5.32 Å². The first-order valence-corrected chi connectivity index (χ1v) is 6.87. The summed E-state index contributed by atoms with van der Waals surface area (Å²) in [7, 11) is 0. The standard InChI is InChI=1S/C15H16BrNO2/c1-9-10(2)19-11(3)14(9)15(18)17-8-12-5-4-6-13(16)7-12/h4-7H,8H2,1-3H3,(H,17,18). The van der Waals surface area contributed by atoms with E-state index in [2.05, 4.69) is 21.2 Å². The number of hydrogen-bond acceptors (Lipinski definition) is 2. The van der Waals surface area contributed by atoms with Crippen LogP contribution >= 0.6 is 15.9 Å². The van der Waals surface area contributed by atoms with Gasteiger partial charge in [-0.1, -0.05) is 28.1 Å². The van der Waals surface area contributed by atoms with E-state index in [4.69, 9.17) is 4.42 Å². The Hall–Kier alpha value is -1.55. The van der Waals surface area contributed by atoms with Crippen LogP contribution in [0.5, 0.6) is 0 Å². The van der Waals surface area contributed by atoms with Gasteiger partial charge in [0.1, 0.15) is 11.5 Å². The molecule has 1 aromatic heterocycles. The highest BCUT2D eigenvalue weighted by molar-refractivity contribution is 9.10. The Labute approximate surface area is 121 Å². The van der Waals surface area contributed by atoms with Crippen molar-refractivity contribution in [3.05, 3.63) is 56.9 Å². The smallest absolute Gasteiger partial charge is 0.255 e. The Balaban J connectivity index is 2.10. The van der Waals surface area contributed by atoms with Crippen LogP contribution in [0.25, 0.3) is 0 Å². The zero-order chi connectivity index (χ0) is 14.0. The van der Waals surface area contributed by atoms with Gasteiger partial charge in [-0.2, -0.15) is 0 Å². The summed E-state index contributed by atoms with van der Waals surface area (Å²) in [4.78, 5) is 12.2. The van der Waals surface area contributed by atoms with Gasteiger partial charge >= 0.3 is 0 Å². The molecule has 0 aliphatic heterocycles. The molecular weight excluding hydrogens is 306 g/mol. The van der Waals surface area contributed by atoms with Gasteiger partial charge in [-0.25, -0.2) is 0 Å². The molecular formula is C15H16BrNO2. The lowest BCUT2D eigenvalue weighted by molar-refractivity contribution is 0.0949. The maximum Gasteiger partial charge on any atom is 0.255 e. The van der Waals surface area contributed by atoms with Crippen LogP contribution in [0.3, 0.4) is 0 Å². The second-order valence-electron chi connectivity index (χ2n) is 4.53. The van der Waals surface area contributed by atoms with Gasteiger partial charge < -0.3 is 9.73 Å². The number of halogens is 1. The Morgan fingerprint density at radius 2 is 2.00 bits per heavy atom. The van der Waals surface area contributed by atoms with E-state index in [0.717, 1.165) is 21.4 Å². The molecule has 0 aliphatic carbocycles. The summed E-state index contributed by atoms with van der Waals surface area (Å²) < 4.78 is 6.47. The molecule has 0 radical (unpaired) electrons. The van der Waals surface area contributed by atoms with Crippen molar-refractivity contribution >= 4 is 21.8 Å². The van der Waals surface area contributed by atoms with Crippen molar-refractivity contribution in [2.45, 2.75) is 27.3 Å². The lowest BCUT2D eigenvalue weighted by atomic mass is 10.1. The van der Waals surface area contributed by atoms with E-state index in [9.17, 15) is 4.79 Å². The molecule has 4 heteroatoms. The molecule has 0 saturated heterocycles. The fourth-order valence-electron chi connectivity index (χ4n) is 2.05. The van der Waals surface area contributed by atoms with Crippen molar-refractivity contribution in [1.29, 1.82) is 0 Å². The van der Waals surface area contributed by atoms with Crippen molar-refractivity contribution < 1.29 is 9.21 Å². The zero-order valence-corrected chi connectivity index (χ0v) is 12.8. The molecule has 100 valence electrons. The summed E-state index contributed by atoms with van der Waals surface area (Å²) in [5, 5.41) is 2.92. The lowest BCUT2D eigenvalue weighted by Crippen LogP contribution is -2.23. The molecule has 0 fully saturated rings. The van der Waals surface area contributed by atoms with Gasteiger partial charge in [0.2, 0.25) is 0 Å². The quantitative estimate of drug-likeness (QED) is 0.931. The first-order chi connectivity index (χ1) is 8.99. The molecule has 2 rings (SSSR count). The molecule has 1 heterocycles. The predicted octanol–water partition coefficient (Wildman–Crippen LogP) is 3.90. The SMILES string of the molecule is Cc1oc(C)c(C(=O)NCc2cccc(Br)c2)c1C. The van der Waals surface area contributed by atoms with E-state index in [0.29, 0.717) is 17.9 Å².